The van der Waals surface area contributed by atoms with E-state index in [1.54, 1.807) is 13.2 Å². The van der Waals surface area contributed by atoms with E-state index in [2.05, 4.69) is 27.1 Å². The molecule has 1 aromatic heterocycles. The zero-order valence-electron chi connectivity index (χ0n) is 15.6. The van der Waals surface area contributed by atoms with Crippen molar-refractivity contribution >= 4 is 16.7 Å². The SMILES string of the molecule is COc1cccc2c(NC(C)CC#Cc3ccc(F)cc3C(F)(F)F)ncnc12. The molecular formula is C21H17F4N3O. The second-order valence-corrected chi connectivity index (χ2v) is 6.32. The Hall–Kier alpha value is -3.34. The van der Waals surface area contributed by atoms with E-state index in [4.69, 9.17) is 4.74 Å². The van der Waals surface area contributed by atoms with Gasteiger partial charge >= 0.3 is 6.18 Å². The Kier molecular flexibility index (Phi) is 5.87. The highest BCUT2D eigenvalue weighted by molar-refractivity contribution is 5.92. The summed E-state index contributed by atoms with van der Waals surface area (Å²) in [5, 5.41) is 3.94. The van der Waals surface area contributed by atoms with Crippen LogP contribution in [0, 0.1) is 17.7 Å². The Morgan fingerprint density at radius 3 is 2.69 bits per heavy atom. The molecule has 2 aromatic carbocycles. The number of nitrogens with zero attached hydrogens (tertiary/aromatic N) is 2. The van der Waals surface area contributed by atoms with Crippen molar-refractivity contribution < 1.29 is 22.3 Å². The summed E-state index contributed by atoms with van der Waals surface area (Å²) in [5.41, 5.74) is -0.699. The van der Waals surface area contributed by atoms with Gasteiger partial charge in [0.25, 0.3) is 0 Å². The van der Waals surface area contributed by atoms with Gasteiger partial charge in [-0.3, -0.25) is 0 Å². The van der Waals surface area contributed by atoms with Gasteiger partial charge in [0.05, 0.1) is 12.7 Å². The van der Waals surface area contributed by atoms with E-state index in [-0.39, 0.29) is 18.0 Å². The Morgan fingerprint density at radius 2 is 1.97 bits per heavy atom. The van der Waals surface area contributed by atoms with Crippen LogP contribution in [0.15, 0.2) is 42.7 Å². The molecular weight excluding hydrogens is 386 g/mol. The van der Waals surface area contributed by atoms with E-state index >= 15 is 0 Å². The van der Waals surface area contributed by atoms with Crippen LogP contribution in [0.25, 0.3) is 10.9 Å². The van der Waals surface area contributed by atoms with Gasteiger partial charge in [-0.1, -0.05) is 17.9 Å². The van der Waals surface area contributed by atoms with Crippen LogP contribution in [0.5, 0.6) is 5.75 Å². The molecule has 8 heteroatoms. The Morgan fingerprint density at radius 1 is 1.17 bits per heavy atom. The molecule has 1 heterocycles. The number of nitrogens with one attached hydrogen (secondary N) is 1. The van der Waals surface area contributed by atoms with Crippen molar-refractivity contribution in [3.8, 4) is 17.6 Å². The van der Waals surface area contributed by atoms with Gasteiger partial charge in [-0.2, -0.15) is 13.2 Å². The smallest absolute Gasteiger partial charge is 0.417 e. The molecule has 0 saturated carbocycles. The van der Waals surface area contributed by atoms with Crippen LogP contribution in [-0.2, 0) is 6.18 Å². The molecule has 0 aliphatic carbocycles. The fourth-order valence-electron chi connectivity index (χ4n) is 2.78. The molecule has 0 aliphatic rings. The molecule has 0 fully saturated rings. The molecule has 0 saturated heterocycles. The number of halogens is 4. The minimum absolute atomic E-state index is 0.207. The lowest BCUT2D eigenvalue weighted by atomic mass is 10.1. The van der Waals surface area contributed by atoms with E-state index in [1.165, 1.54) is 6.33 Å². The predicted octanol–water partition coefficient (Wildman–Crippen LogP) is 5.04. The molecule has 0 radical (unpaired) electrons. The minimum atomic E-state index is -4.67. The number of anilines is 1. The molecule has 0 amide bonds. The zero-order chi connectivity index (χ0) is 21.0. The highest BCUT2D eigenvalue weighted by Gasteiger charge is 2.33. The zero-order valence-corrected chi connectivity index (χ0v) is 15.6. The first-order valence-corrected chi connectivity index (χ1v) is 8.69. The van der Waals surface area contributed by atoms with Gasteiger partial charge in [0.1, 0.15) is 29.2 Å². The molecule has 4 nitrogen and oxygen atoms in total. The quantitative estimate of drug-likeness (QED) is 0.490. The van der Waals surface area contributed by atoms with Gasteiger partial charge in [0.2, 0.25) is 0 Å². The van der Waals surface area contributed by atoms with Crippen molar-refractivity contribution in [1.82, 2.24) is 9.97 Å². The third-order valence-electron chi connectivity index (χ3n) is 4.15. The topological polar surface area (TPSA) is 47.0 Å². The molecule has 29 heavy (non-hydrogen) atoms. The number of rotatable bonds is 4. The summed E-state index contributed by atoms with van der Waals surface area (Å²) in [7, 11) is 1.55. The maximum absolute atomic E-state index is 13.2. The lowest BCUT2D eigenvalue weighted by Crippen LogP contribution is -2.15. The second-order valence-electron chi connectivity index (χ2n) is 6.32. The average Bonchev–Trinajstić information content (AvgIpc) is 2.68. The van der Waals surface area contributed by atoms with E-state index in [1.807, 2.05) is 19.1 Å². The summed E-state index contributed by atoms with van der Waals surface area (Å²) in [6.45, 7) is 1.83. The number of para-hydroxylation sites is 1. The monoisotopic (exact) mass is 403 g/mol. The number of methoxy groups -OCH3 is 1. The fraction of sp³-hybridized carbons (Fsp3) is 0.238. The van der Waals surface area contributed by atoms with E-state index in [0.29, 0.717) is 23.2 Å². The summed E-state index contributed by atoms with van der Waals surface area (Å²) in [4.78, 5) is 8.45. The Labute approximate surface area is 164 Å². The highest BCUT2D eigenvalue weighted by Crippen LogP contribution is 2.32. The maximum Gasteiger partial charge on any atom is 0.417 e. The van der Waals surface area contributed by atoms with E-state index in [0.717, 1.165) is 17.5 Å². The molecule has 0 bridgehead atoms. The van der Waals surface area contributed by atoms with Gasteiger partial charge < -0.3 is 10.1 Å². The van der Waals surface area contributed by atoms with Crippen LogP contribution in [-0.4, -0.2) is 23.1 Å². The van der Waals surface area contributed by atoms with Crippen molar-refractivity contribution in [2.45, 2.75) is 25.6 Å². The van der Waals surface area contributed by atoms with Crippen molar-refractivity contribution in [3.05, 3.63) is 59.7 Å². The van der Waals surface area contributed by atoms with Crippen LogP contribution in [0.2, 0.25) is 0 Å². The van der Waals surface area contributed by atoms with Crippen molar-refractivity contribution in [2.24, 2.45) is 0 Å². The third-order valence-corrected chi connectivity index (χ3v) is 4.15. The molecule has 3 aromatic rings. The number of hydrogen-bond acceptors (Lipinski definition) is 4. The van der Waals surface area contributed by atoms with E-state index in [9.17, 15) is 17.6 Å². The number of aromatic nitrogens is 2. The number of ether oxygens (including phenoxy) is 1. The molecule has 1 N–H and O–H groups in total. The Balaban J connectivity index is 1.78. The van der Waals surface area contributed by atoms with Crippen molar-refractivity contribution in [1.29, 1.82) is 0 Å². The number of alkyl halides is 3. The van der Waals surface area contributed by atoms with Crippen LogP contribution in [0.1, 0.15) is 24.5 Å². The fourth-order valence-corrected chi connectivity index (χ4v) is 2.78. The highest BCUT2D eigenvalue weighted by atomic mass is 19.4. The lowest BCUT2D eigenvalue weighted by Gasteiger charge is -2.14. The van der Waals surface area contributed by atoms with Crippen molar-refractivity contribution in [2.75, 3.05) is 12.4 Å². The molecule has 0 spiro atoms. The van der Waals surface area contributed by atoms with Crippen LogP contribution >= 0.6 is 0 Å². The van der Waals surface area contributed by atoms with Crippen LogP contribution in [0.3, 0.4) is 0 Å². The first kappa shape index (κ1) is 20.4. The van der Waals surface area contributed by atoms with Gasteiger partial charge in [0, 0.05) is 23.4 Å². The normalized spacial score (nSPS) is 12.2. The summed E-state index contributed by atoms with van der Waals surface area (Å²) < 4.78 is 57.6. The Bertz CT molecular complexity index is 1090. The number of benzene rings is 2. The van der Waals surface area contributed by atoms with Crippen LogP contribution < -0.4 is 10.1 Å². The second kappa shape index (κ2) is 8.35. The molecule has 1 unspecified atom stereocenters. The van der Waals surface area contributed by atoms with Gasteiger partial charge in [-0.05, 0) is 37.3 Å². The molecule has 150 valence electrons. The lowest BCUT2D eigenvalue weighted by molar-refractivity contribution is -0.137. The summed E-state index contributed by atoms with van der Waals surface area (Å²) in [5.74, 6) is 5.43. The summed E-state index contributed by atoms with van der Waals surface area (Å²) in [6.07, 6.45) is -3.02. The number of hydrogen-bond donors (Lipinski definition) is 1. The minimum Gasteiger partial charge on any atom is -0.494 e. The predicted molar refractivity (Wildman–Crippen MR) is 102 cm³/mol. The third kappa shape index (κ3) is 4.74. The largest absolute Gasteiger partial charge is 0.494 e. The van der Waals surface area contributed by atoms with Gasteiger partial charge in [0.15, 0.2) is 0 Å². The number of fused-ring (bicyclic) bond motifs is 1. The molecule has 1 atom stereocenters. The summed E-state index contributed by atoms with van der Waals surface area (Å²) in [6, 6.07) is 7.68. The summed E-state index contributed by atoms with van der Waals surface area (Å²) >= 11 is 0. The standard InChI is InChI=1S/C21H17F4N3O/c1-13(5-3-6-14-9-10-15(22)11-17(14)21(23,24)25)28-20-16-7-4-8-18(29-2)19(16)26-12-27-20/h4,7-13H,5H2,1-2H3,(H,26,27,28). The first-order chi connectivity index (χ1) is 13.8. The molecule has 0 aliphatic heterocycles. The average molecular weight is 403 g/mol. The van der Waals surface area contributed by atoms with Crippen LogP contribution in [0.4, 0.5) is 23.4 Å². The maximum atomic E-state index is 13.2. The molecule has 3 rings (SSSR count). The van der Waals surface area contributed by atoms with Gasteiger partial charge in [-0.25, -0.2) is 14.4 Å². The van der Waals surface area contributed by atoms with Gasteiger partial charge in [-0.15, -0.1) is 0 Å². The van der Waals surface area contributed by atoms with Crippen molar-refractivity contribution in [3.63, 3.8) is 0 Å². The first-order valence-electron chi connectivity index (χ1n) is 8.69. The van der Waals surface area contributed by atoms with E-state index < -0.39 is 17.6 Å².